The Morgan fingerprint density at radius 1 is 1.32 bits per heavy atom. The molecule has 1 aromatic rings. The van der Waals surface area contributed by atoms with Gasteiger partial charge in [0.2, 0.25) is 0 Å². The highest BCUT2D eigenvalue weighted by Crippen LogP contribution is 2.28. The van der Waals surface area contributed by atoms with Gasteiger partial charge in [-0.25, -0.2) is 4.79 Å². The first-order valence-corrected chi connectivity index (χ1v) is 7.83. The Hall–Kier alpha value is -1.75. The number of hydrogen-bond donors (Lipinski definition) is 3. The Morgan fingerprint density at radius 3 is 2.50 bits per heavy atom. The molecule has 0 heterocycles. The van der Waals surface area contributed by atoms with E-state index in [9.17, 15) is 9.90 Å². The van der Waals surface area contributed by atoms with Crippen LogP contribution in [0, 0.1) is 0 Å². The van der Waals surface area contributed by atoms with Gasteiger partial charge in [-0.05, 0) is 51.3 Å². The third-order valence-corrected chi connectivity index (χ3v) is 3.61. The van der Waals surface area contributed by atoms with Crippen LogP contribution < -0.4 is 10.6 Å². The van der Waals surface area contributed by atoms with Crippen LogP contribution >= 0.6 is 0 Å². The van der Waals surface area contributed by atoms with E-state index in [-0.39, 0.29) is 30.0 Å². The van der Waals surface area contributed by atoms with Crippen LogP contribution in [0.25, 0.3) is 0 Å². The number of phenolic OH excluding ortho intramolecular Hbond substituents is 1. The summed E-state index contributed by atoms with van der Waals surface area (Å²) in [6.07, 6.45) is 1.49. The molecule has 3 atom stereocenters. The molecule has 1 aliphatic carbocycles. The van der Waals surface area contributed by atoms with Gasteiger partial charge in [0.05, 0.1) is 0 Å². The third kappa shape index (κ3) is 4.91. The molecule has 1 aromatic carbocycles. The maximum atomic E-state index is 11.7. The normalized spacial score (nSPS) is 22.0. The Balaban J connectivity index is 1.82. The molecule has 1 aliphatic rings. The quantitative estimate of drug-likeness (QED) is 0.782. The van der Waals surface area contributed by atoms with Gasteiger partial charge in [-0.15, -0.1) is 0 Å². The second-order valence-corrected chi connectivity index (χ2v) is 6.81. The van der Waals surface area contributed by atoms with Crippen LogP contribution in [0.3, 0.4) is 0 Å². The van der Waals surface area contributed by atoms with E-state index in [1.54, 1.807) is 12.1 Å². The zero-order valence-electron chi connectivity index (χ0n) is 13.7. The number of rotatable bonds is 5. The van der Waals surface area contributed by atoms with Crippen molar-refractivity contribution < 1.29 is 14.6 Å². The monoisotopic (exact) mass is 306 g/mol. The lowest BCUT2D eigenvalue weighted by atomic mass is 10.0. The number of carbonyl (C=O) groups is 1. The summed E-state index contributed by atoms with van der Waals surface area (Å²) in [6.45, 7) is 7.68. The van der Waals surface area contributed by atoms with Gasteiger partial charge in [-0.2, -0.15) is 0 Å². The topological polar surface area (TPSA) is 70.6 Å². The molecule has 0 aliphatic heterocycles. The van der Waals surface area contributed by atoms with Crippen molar-refractivity contribution in [3.05, 3.63) is 29.8 Å². The van der Waals surface area contributed by atoms with Crippen LogP contribution in [-0.2, 0) is 4.74 Å². The Morgan fingerprint density at radius 2 is 1.95 bits per heavy atom. The minimum atomic E-state index is -0.472. The van der Waals surface area contributed by atoms with Crippen LogP contribution in [0.4, 0.5) is 4.79 Å². The van der Waals surface area contributed by atoms with E-state index in [0.717, 1.165) is 18.4 Å². The fraction of sp³-hybridized carbons (Fsp3) is 0.588. The minimum Gasteiger partial charge on any atom is -0.508 e. The number of alkyl carbamates (subject to hydrolysis) is 1. The molecule has 3 unspecified atom stereocenters. The lowest BCUT2D eigenvalue weighted by molar-refractivity contribution is 0.0522. The lowest BCUT2D eigenvalue weighted by Gasteiger charge is -2.20. The van der Waals surface area contributed by atoms with Crippen molar-refractivity contribution in [2.24, 2.45) is 0 Å². The van der Waals surface area contributed by atoms with E-state index in [2.05, 4.69) is 17.6 Å². The molecule has 3 N–H and O–H groups in total. The fourth-order valence-corrected chi connectivity index (χ4v) is 2.41. The molecule has 5 heteroatoms. The number of amides is 1. The van der Waals surface area contributed by atoms with E-state index in [1.165, 1.54) is 0 Å². The van der Waals surface area contributed by atoms with Gasteiger partial charge in [0, 0.05) is 18.1 Å². The SMILES string of the molecule is CCC(NC1CC1NC(=O)OC(C)(C)C)c1ccc(O)cc1. The first-order chi connectivity index (χ1) is 10.3. The number of phenols is 1. The average Bonchev–Trinajstić information content (AvgIpc) is 3.12. The highest BCUT2D eigenvalue weighted by Gasteiger charge is 2.40. The molecule has 2 rings (SSSR count). The number of benzene rings is 1. The summed E-state index contributed by atoms with van der Waals surface area (Å²) in [5.74, 6) is 0.273. The van der Waals surface area contributed by atoms with Crippen LogP contribution in [-0.4, -0.2) is 28.9 Å². The second kappa shape index (κ2) is 6.57. The van der Waals surface area contributed by atoms with Crippen molar-refractivity contribution in [1.82, 2.24) is 10.6 Å². The molecule has 22 heavy (non-hydrogen) atoms. The Bertz CT molecular complexity index is 508. The van der Waals surface area contributed by atoms with E-state index in [0.29, 0.717) is 0 Å². The molecule has 0 bridgehead atoms. The van der Waals surface area contributed by atoms with E-state index in [4.69, 9.17) is 4.74 Å². The molecule has 5 nitrogen and oxygen atoms in total. The summed E-state index contributed by atoms with van der Waals surface area (Å²) < 4.78 is 5.26. The first-order valence-electron chi connectivity index (χ1n) is 7.83. The summed E-state index contributed by atoms with van der Waals surface area (Å²) in [5, 5.41) is 15.8. The number of ether oxygens (including phenoxy) is 1. The van der Waals surface area contributed by atoms with Crippen LogP contribution in [0.15, 0.2) is 24.3 Å². The van der Waals surface area contributed by atoms with E-state index < -0.39 is 5.60 Å². The molecule has 122 valence electrons. The number of carbonyl (C=O) groups excluding carboxylic acids is 1. The molecule has 1 fully saturated rings. The molecule has 1 amide bonds. The molecule has 0 radical (unpaired) electrons. The molecule has 1 saturated carbocycles. The van der Waals surface area contributed by atoms with Gasteiger partial charge in [0.25, 0.3) is 0 Å². The van der Waals surface area contributed by atoms with Crippen molar-refractivity contribution in [2.45, 2.75) is 64.3 Å². The number of hydrogen-bond acceptors (Lipinski definition) is 4. The third-order valence-electron chi connectivity index (χ3n) is 3.61. The van der Waals surface area contributed by atoms with Crippen LogP contribution in [0.5, 0.6) is 5.75 Å². The number of aromatic hydroxyl groups is 1. The van der Waals surface area contributed by atoms with Gasteiger partial charge in [-0.1, -0.05) is 19.1 Å². The Kier molecular flexibility index (Phi) is 4.96. The van der Waals surface area contributed by atoms with Crippen LogP contribution in [0.2, 0.25) is 0 Å². The van der Waals surface area contributed by atoms with Crippen molar-refractivity contribution >= 4 is 6.09 Å². The molecule has 0 aromatic heterocycles. The van der Waals surface area contributed by atoms with E-state index in [1.807, 2.05) is 32.9 Å². The van der Waals surface area contributed by atoms with Crippen molar-refractivity contribution in [3.63, 3.8) is 0 Å². The predicted octanol–water partition coefficient (Wildman–Crippen LogP) is 3.10. The van der Waals surface area contributed by atoms with Crippen molar-refractivity contribution in [3.8, 4) is 5.75 Å². The fourth-order valence-electron chi connectivity index (χ4n) is 2.41. The summed E-state index contributed by atoms with van der Waals surface area (Å²) >= 11 is 0. The van der Waals surface area contributed by atoms with Gasteiger partial charge < -0.3 is 20.5 Å². The smallest absolute Gasteiger partial charge is 0.407 e. The molecular formula is C17H26N2O3. The predicted molar refractivity (Wildman–Crippen MR) is 85.8 cm³/mol. The van der Waals surface area contributed by atoms with Crippen LogP contribution in [0.1, 0.15) is 52.1 Å². The zero-order chi connectivity index (χ0) is 16.3. The standard InChI is InChI=1S/C17H26N2O3/c1-5-13(11-6-8-12(20)9-7-11)18-14-10-15(14)19-16(21)22-17(2,3)4/h6-9,13-15,18,20H,5,10H2,1-4H3,(H,19,21). The van der Waals surface area contributed by atoms with Gasteiger partial charge >= 0.3 is 6.09 Å². The zero-order valence-corrected chi connectivity index (χ0v) is 13.7. The number of nitrogens with one attached hydrogen (secondary N) is 2. The largest absolute Gasteiger partial charge is 0.508 e. The van der Waals surface area contributed by atoms with Gasteiger partial charge in [0.1, 0.15) is 11.4 Å². The molecular weight excluding hydrogens is 280 g/mol. The minimum absolute atomic E-state index is 0.126. The highest BCUT2D eigenvalue weighted by atomic mass is 16.6. The maximum Gasteiger partial charge on any atom is 0.407 e. The van der Waals surface area contributed by atoms with Gasteiger partial charge in [-0.3, -0.25) is 0 Å². The summed E-state index contributed by atoms with van der Waals surface area (Å²) in [6, 6.07) is 7.86. The maximum absolute atomic E-state index is 11.7. The average molecular weight is 306 g/mol. The van der Waals surface area contributed by atoms with Crippen molar-refractivity contribution in [1.29, 1.82) is 0 Å². The molecule has 0 spiro atoms. The summed E-state index contributed by atoms with van der Waals surface area (Å²) in [7, 11) is 0. The highest BCUT2D eigenvalue weighted by molar-refractivity contribution is 5.68. The first kappa shape index (κ1) is 16.6. The summed E-state index contributed by atoms with van der Waals surface area (Å²) in [5.41, 5.74) is 0.670. The summed E-state index contributed by atoms with van der Waals surface area (Å²) in [4.78, 5) is 11.7. The van der Waals surface area contributed by atoms with Crippen molar-refractivity contribution in [2.75, 3.05) is 0 Å². The second-order valence-electron chi connectivity index (χ2n) is 6.81. The van der Waals surface area contributed by atoms with Gasteiger partial charge in [0.15, 0.2) is 0 Å². The lowest BCUT2D eigenvalue weighted by Crippen LogP contribution is -2.37. The van der Waals surface area contributed by atoms with E-state index >= 15 is 0 Å². The Labute approximate surface area is 132 Å². The molecule has 0 saturated heterocycles.